The maximum Gasteiger partial charge on any atom is 0.164 e. The van der Waals surface area contributed by atoms with Gasteiger partial charge in [-0.05, 0) is 12.1 Å². The van der Waals surface area contributed by atoms with Crippen molar-refractivity contribution in [2.75, 3.05) is 0 Å². The van der Waals surface area contributed by atoms with Gasteiger partial charge in [-0.2, -0.15) is 5.10 Å². The Hall–Kier alpha value is -1.95. The van der Waals surface area contributed by atoms with Gasteiger partial charge in [-0.25, -0.2) is 4.98 Å². The fourth-order valence-corrected chi connectivity index (χ4v) is 1.46. The monoisotopic (exact) mass is 248 g/mol. The van der Waals surface area contributed by atoms with E-state index in [0.717, 1.165) is 11.4 Å². The van der Waals surface area contributed by atoms with E-state index in [-0.39, 0.29) is 0 Å². The Kier molecular flexibility index (Phi) is 3.34. The highest BCUT2D eigenvalue weighted by molar-refractivity contribution is 7.80. The van der Waals surface area contributed by atoms with Crippen molar-refractivity contribution >= 4 is 17.2 Å². The van der Waals surface area contributed by atoms with Crippen molar-refractivity contribution in [2.45, 2.75) is 6.61 Å². The Morgan fingerprint density at radius 1 is 1.53 bits per heavy atom. The second-order valence-electron chi connectivity index (χ2n) is 3.48. The van der Waals surface area contributed by atoms with Crippen molar-refractivity contribution < 1.29 is 4.74 Å². The lowest BCUT2D eigenvalue weighted by molar-refractivity contribution is 0.289. The SMILES string of the molecule is Cn1ncnc1COc1cccc(C(N)=S)c1. The molecule has 0 atom stereocenters. The Bertz CT molecular complexity index is 538. The van der Waals surface area contributed by atoms with E-state index in [1.807, 2.05) is 25.2 Å². The second-order valence-corrected chi connectivity index (χ2v) is 3.92. The highest BCUT2D eigenvalue weighted by Crippen LogP contribution is 2.14. The summed E-state index contributed by atoms with van der Waals surface area (Å²) in [5.74, 6) is 1.46. The smallest absolute Gasteiger partial charge is 0.164 e. The molecule has 0 unspecified atom stereocenters. The molecule has 0 amide bonds. The molecule has 0 aliphatic rings. The van der Waals surface area contributed by atoms with Crippen molar-refractivity contribution in [3.05, 3.63) is 42.0 Å². The molecule has 2 aromatic rings. The summed E-state index contributed by atoms with van der Waals surface area (Å²) in [5.41, 5.74) is 6.33. The lowest BCUT2D eigenvalue weighted by Crippen LogP contribution is -2.09. The molecule has 1 heterocycles. The van der Waals surface area contributed by atoms with Crippen LogP contribution in [0.15, 0.2) is 30.6 Å². The summed E-state index contributed by atoms with van der Waals surface area (Å²) < 4.78 is 7.25. The van der Waals surface area contributed by atoms with Crippen LogP contribution in [0.2, 0.25) is 0 Å². The number of rotatable bonds is 4. The van der Waals surface area contributed by atoms with Crippen molar-refractivity contribution in [1.82, 2.24) is 14.8 Å². The Morgan fingerprint density at radius 3 is 3.00 bits per heavy atom. The number of aromatic nitrogens is 3. The molecule has 0 bridgehead atoms. The molecule has 1 aromatic heterocycles. The van der Waals surface area contributed by atoms with Gasteiger partial charge in [0.1, 0.15) is 23.7 Å². The van der Waals surface area contributed by atoms with Gasteiger partial charge >= 0.3 is 0 Å². The van der Waals surface area contributed by atoms with Gasteiger partial charge in [0.2, 0.25) is 0 Å². The van der Waals surface area contributed by atoms with Gasteiger partial charge in [0.15, 0.2) is 5.82 Å². The van der Waals surface area contributed by atoms with E-state index in [1.165, 1.54) is 6.33 Å². The summed E-state index contributed by atoms with van der Waals surface area (Å²) in [5, 5.41) is 3.96. The molecule has 5 nitrogen and oxygen atoms in total. The Balaban J connectivity index is 2.07. The second kappa shape index (κ2) is 4.92. The molecule has 0 saturated heterocycles. The number of aryl methyl sites for hydroxylation is 1. The summed E-state index contributed by atoms with van der Waals surface area (Å²) >= 11 is 4.90. The van der Waals surface area contributed by atoms with Crippen LogP contribution in [0.5, 0.6) is 5.75 Å². The van der Waals surface area contributed by atoms with Crippen LogP contribution in [-0.2, 0) is 13.7 Å². The summed E-state index contributed by atoms with van der Waals surface area (Å²) in [4.78, 5) is 4.42. The minimum absolute atomic E-state index is 0.356. The first kappa shape index (κ1) is 11.5. The topological polar surface area (TPSA) is 66.0 Å². The minimum Gasteiger partial charge on any atom is -0.486 e. The first-order valence-corrected chi connectivity index (χ1v) is 5.43. The first-order chi connectivity index (χ1) is 8.16. The quantitative estimate of drug-likeness (QED) is 0.819. The van der Waals surface area contributed by atoms with E-state index in [0.29, 0.717) is 17.3 Å². The molecule has 0 radical (unpaired) electrons. The van der Waals surface area contributed by atoms with Crippen molar-refractivity contribution in [2.24, 2.45) is 12.8 Å². The summed E-state index contributed by atoms with van der Waals surface area (Å²) in [6, 6.07) is 7.34. The van der Waals surface area contributed by atoms with Crippen LogP contribution in [-0.4, -0.2) is 19.8 Å². The van der Waals surface area contributed by atoms with E-state index in [2.05, 4.69) is 10.1 Å². The van der Waals surface area contributed by atoms with E-state index < -0.39 is 0 Å². The number of hydrogen-bond donors (Lipinski definition) is 1. The van der Waals surface area contributed by atoms with E-state index in [1.54, 1.807) is 10.7 Å². The molecule has 0 aliphatic carbocycles. The zero-order valence-electron chi connectivity index (χ0n) is 9.33. The van der Waals surface area contributed by atoms with Crippen LogP contribution in [0.4, 0.5) is 0 Å². The van der Waals surface area contributed by atoms with Crippen molar-refractivity contribution in [3.63, 3.8) is 0 Å². The minimum atomic E-state index is 0.356. The van der Waals surface area contributed by atoms with Crippen LogP contribution < -0.4 is 10.5 Å². The molecule has 0 spiro atoms. The largest absolute Gasteiger partial charge is 0.486 e. The summed E-state index contributed by atoms with van der Waals surface area (Å²) in [7, 11) is 1.82. The van der Waals surface area contributed by atoms with Gasteiger partial charge in [-0.15, -0.1) is 0 Å². The lowest BCUT2D eigenvalue weighted by atomic mass is 10.2. The maximum atomic E-state index is 5.58. The fraction of sp³-hybridized carbons (Fsp3) is 0.182. The number of thiocarbonyl (C=S) groups is 1. The van der Waals surface area contributed by atoms with Crippen LogP contribution >= 0.6 is 12.2 Å². The summed E-state index contributed by atoms with van der Waals surface area (Å²) in [6.45, 7) is 0.358. The van der Waals surface area contributed by atoms with E-state index in [4.69, 9.17) is 22.7 Å². The third-order valence-electron chi connectivity index (χ3n) is 2.29. The van der Waals surface area contributed by atoms with Crippen molar-refractivity contribution in [3.8, 4) is 5.75 Å². The maximum absolute atomic E-state index is 5.58. The number of benzene rings is 1. The third kappa shape index (κ3) is 2.79. The molecular formula is C11H12N4OS. The number of hydrogen-bond acceptors (Lipinski definition) is 4. The molecule has 17 heavy (non-hydrogen) atoms. The highest BCUT2D eigenvalue weighted by Gasteiger charge is 2.03. The lowest BCUT2D eigenvalue weighted by Gasteiger charge is -2.06. The van der Waals surface area contributed by atoms with E-state index in [9.17, 15) is 0 Å². The summed E-state index contributed by atoms with van der Waals surface area (Å²) in [6.07, 6.45) is 1.49. The van der Waals surface area contributed by atoms with Crippen LogP contribution in [0, 0.1) is 0 Å². The average Bonchev–Trinajstić information content (AvgIpc) is 2.72. The molecular weight excluding hydrogens is 236 g/mol. The molecule has 2 rings (SSSR count). The number of nitrogens with two attached hydrogens (primary N) is 1. The number of ether oxygens (including phenoxy) is 1. The predicted molar refractivity (Wildman–Crippen MR) is 67.7 cm³/mol. The predicted octanol–water partition coefficient (Wildman–Crippen LogP) is 1.03. The first-order valence-electron chi connectivity index (χ1n) is 5.02. The standard InChI is InChI=1S/C11H12N4OS/c1-15-10(13-7-14-15)6-16-9-4-2-3-8(5-9)11(12)17/h2-5,7H,6H2,1H3,(H2,12,17). The molecule has 0 fully saturated rings. The fourth-order valence-electron chi connectivity index (χ4n) is 1.34. The van der Waals surface area contributed by atoms with Gasteiger partial charge < -0.3 is 10.5 Å². The van der Waals surface area contributed by atoms with Crippen LogP contribution in [0.25, 0.3) is 0 Å². The zero-order chi connectivity index (χ0) is 12.3. The third-order valence-corrected chi connectivity index (χ3v) is 2.53. The molecule has 2 N–H and O–H groups in total. The average molecular weight is 248 g/mol. The number of nitrogens with zero attached hydrogens (tertiary/aromatic N) is 3. The van der Waals surface area contributed by atoms with Gasteiger partial charge in [0, 0.05) is 12.6 Å². The molecule has 0 aliphatic heterocycles. The van der Waals surface area contributed by atoms with E-state index >= 15 is 0 Å². The molecule has 0 saturated carbocycles. The van der Waals surface area contributed by atoms with Crippen LogP contribution in [0.1, 0.15) is 11.4 Å². The molecule has 6 heteroatoms. The van der Waals surface area contributed by atoms with Gasteiger partial charge in [0.25, 0.3) is 0 Å². The van der Waals surface area contributed by atoms with Crippen molar-refractivity contribution in [1.29, 1.82) is 0 Å². The normalized spacial score (nSPS) is 10.2. The van der Waals surface area contributed by atoms with Gasteiger partial charge in [-0.1, -0.05) is 24.4 Å². The Labute approximate surface area is 104 Å². The molecule has 1 aromatic carbocycles. The van der Waals surface area contributed by atoms with Gasteiger partial charge in [-0.3, -0.25) is 4.68 Å². The molecule has 88 valence electrons. The zero-order valence-corrected chi connectivity index (χ0v) is 10.1. The Morgan fingerprint density at radius 2 is 2.35 bits per heavy atom. The highest BCUT2D eigenvalue weighted by atomic mass is 32.1. The van der Waals surface area contributed by atoms with Crippen LogP contribution in [0.3, 0.4) is 0 Å². The van der Waals surface area contributed by atoms with Gasteiger partial charge in [0.05, 0.1) is 0 Å².